The molecule has 0 atom stereocenters. The topological polar surface area (TPSA) is 41.6 Å². The molecule has 2 rings (SSSR count). The molecule has 1 heterocycles. The SMILES string of the molecule is CCCN(C(=O)COc1ccc(F)cc1)C1CCNCC1. The van der Waals surface area contributed by atoms with Crippen LogP contribution in [-0.2, 0) is 4.79 Å². The molecular weight excluding hydrogens is 271 g/mol. The number of carbonyl (C=O) groups excluding carboxylic acids is 1. The van der Waals surface area contributed by atoms with E-state index in [0.29, 0.717) is 11.8 Å². The minimum Gasteiger partial charge on any atom is -0.484 e. The molecule has 0 saturated carbocycles. The van der Waals surface area contributed by atoms with Gasteiger partial charge in [0.15, 0.2) is 6.61 Å². The first kappa shape index (κ1) is 15.8. The first-order valence-corrected chi connectivity index (χ1v) is 7.59. The van der Waals surface area contributed by atoms with Crippen LogP contribution in [0.4, 0.5) is 4.39 Å². The molecule has 1 saturated heterocycles. The van der Waals surface area contributed by atoms with Gasteiger partial charge in [-0.05, 0) is 56.6 Å². The lowest BCUT2D eigenvalue weighted by atomic mass is 10.0. The predicted molar refractivity (Wildman–Crippen MR) is 79.8 cm³/mol. The van der Waals surface area contributed by atoms with Crippen molar-refractivity contribution in [3.8, 4) is 5.75 Å². The summed E-state index contributed by atoms with van der Waals surface area (Å²) in [7, 11) is 0. The number of halogens is 1. The van der Waals surface area contributed by atoms with E-state index < -0.39 is 0 Å². The highest BCUT2D eigenvalue weighted by atomic mass is 19.1. The van der Waals surface area contributed by atoms with Crippen molar-refractivity contribution in [1.29, 1.82) is 0 Å². The van der Waals surface area contributed by atoms with Crippen LogP contribution in [0, 0.1) is 5.82 Å². The molecule has 0 unspecified atom stereocenters. The lowest BCUT2D eigenvalue weighted by Gasteiger charge is -2.34. The van der Waals surface area contributed by atoms with E-state index in [0.717, 1.165) is 38.9 Å². The van der Waals surface area contributed by atoms with Gasteiger partial charge in [0, 0.05) is 12.6 Å². The molecule has 1 aromatic carbocycles. The molecule has 0 radical (unpaired) electrons. The molecule has 21 heavy (non-hydrogen) atoms. The van der Waals surface area contributed by atoms with Crippen LogP contribution in [0.5, 0.6) is 5.75 Å². The lowest BCUT2D eigenvalue weighted by molar-refractivity contribution is -0.136. The number of nitrogens with one attached hydrogen (secondary N) is 1. The van der Waals surface area contributed by atoms with Gasteiger partial charge in [-0.3, -0.25) is 4.79 Å². The normalized spacial score (nSPS) is 15.7. The average Bonchev–Trinajstić information content (AvgIpc) is 2.52. The number of amides is 1. The second kappa shape index (κ2) is 7.98. The van der Waals surface area contributed by atoms with Crippen LogP contribution < -0.4 is 10.1 Å². The van der Waals surface area contributed by atoms with Gasteiger partial charge in [0.2, 0.25) is 0 Å². The summed E-state index contributed by atoms with van der Waals surface area (Å²) in [4.78, 5) is 14.3. The number of ether oxygens (including phenoxy) is 1. The van der Waals surface area contributed by atoms with Crippen molar-refractivity contribution in [1.82, 2.24) is 10.2 Å². The summed E-state index contributed by atoms with van der Waals surface area (Å²) in [5.74, 6) is 0.218. The van der Waals surface area contributed by atoms with Crippen molar-refractivity contribution in [2.24, 2.45) is 0 Å². The Labute approximate surface area is 125 Å². The zero-order valence-electron chi connectivity index (χ0n) is 12.5. The summed E-state index contributed by atoms with van der Waals surface area (Å²) in [5, 5.41) is 3.31. The minimum absolute atomic E-state index is 0.00748. The molecule has 116 valence electrons. The van der Waals surface area contributed by atoms with Gasteiger partial charge in [-0.15, -0.1) is 0 Å². The number of nitrogens with zero attached hydrogens (tertiary/aromatic N) is 1. The van der Waals surface area contributed by atoms with Crippen molar-refractivity contribution in [3.05, 3.63) is 30.1 Å². The molecule has 5 heteroatoms. The van der Waals surface area contributed by atoms with Crippen molar-refractivity contribution in [2.45, 2.75) is 32.2 Å². The molecule has 1 fully saturated rings. The number of rotatable bonds is 6. The van der Waals surface area contributed by atoms with Crippen LogP contribution in [0.25, 0.3) is 0 Å². The van der Waals surface area contributed by atoms with Crippen molar-refractivity contribution in [2.75, 3.05) is 26.2 Å². The largest absolute Gasteiger partial charge is 0.484 e. The fourth-order valence-electron chi connectivity index (χ4n) is 2.63. The number of piperidine rings is 1. The molecular formula is C16H23FN2O2. The standard InChI is InChI=1S/C16H23FN2O2/c1-2-11-19(14-7-9-18-10-8-14)16(20)12-21-15-5-3-13(17)4-6-15/h3-6,14,18H,2,7-12H2,1H3. The second-order valence-electron chi connectivity index (χ2n) is 5.31. The monoisotopic (exact) mass is 294 g/mol. The van der Waals surface area contributed by atoms with Crippen LogP contribution in [0.1, 0.15) is 26.2 Å². The van der Waals surface area contributed by atoms with Gasteiger partial charge >= 0.3 is 0 Å². The smallest absolute Gasteiger partial charge is 0.260 e. The van der Waals surface area contributed by atoms with E-state index in [2.05, 4.69) is 12.2 Å². The molecule has 0 spiro atoms. The maximum absolute atomic E-state index is 12.8. The van der Waals surface area contributed by atoms with Gasteiger partial charge in [0.05, 0.1) is 0 Å². The van der Waals surface area contributed by atoms with Crippen molar-refractivity contribution >= 4 is 5.91 Å². The second-order valence-corrected chi connectivity index (χ2v) is 5.31. The van der Waals surface area contributed by atoms with Crippen LogP contribution in [0.15, 0.2) is 24.3 Å². The fourth-order valence-corrected chi connectivity index (χ4v) is 2.63. The van der Waals surface area contributed by atoms with E-state index in [1.807, 2.05) is 4.90 Å². The molecule has 1 aliphatic heterocycles. The molecule has 0 aliphatic carbocycles. The summed E-state index contributed by atoms with van der Waals surface area (Å²) >= 11 is 0. The Hall–Kier alpha value is -1.62. The highest BCUT2D eigenvalue weighted by molar-refractivity contribution is 5.78. The highest BCUT2D eigenvalue weighted by Gasteiger charge is 2.24. The Morgan fingerprint density at radius 1 is 1.33 bits per heavy atom. The predicted octanol–water partition coefficient (Wildman–Crippen LogP) is 2.20. The van der Waals surface area contributed by atoms with Gasteiger partial charge in [-0.1, -0.05) is 6.92 Å². The summed E-state index contributed by atoms with van der Waals surface area (Å²) in [6, 6.07) is 6.04. The maximum Gasteiger partial charge on any atom is 0.260 e. The first-order valence-electron chi connectivity index (χ1n) is 7.59. The van der Waals surface area contributed by atoms with Crippen LogP contribution >= 0.6 is 0 Å². The number of hydrogen-bond donors (Lipinski definition) is 1. The number of carbonyl (C=O) groups is 1. The van der Waals surface area contributed by atoms with E-state index in [1.54, 1.807) is 0 Å². The first-order chi connectivity index (χ1) is 10.2. The molecule has 0 aromatic heterocycles. The third kappa shape index (κ3) is 4.70. The highest BCUT2D eigenvalue weighted by Crippen LogP contribution is 2.15. The molecule has 0 bridgehead atoms. The van der Waals surface area contributed by atoms with Gasteiger partial charge < -0.3 is 15.0 Å². The van der Waals surface area contributed by atoms with E-state index >= 15 is 0 Å². The third-order valence-electron chi connectivity index (χ3n) is 3.71. The van der Waals surface area contributed by atoms with E-state index in [1.165, 1.54) is 24.3 Å². The van der Waals surface area contributed by atoms with E-state index in [4.69, 9.17) is 4.74 Å². The summed E-state index contributed by atoms with van der Waals surface area (Å²) < 4.78 is 18.3. The summed E-state index contributed by atoms with van der Waals surface area (Å²) in [5.41, 5.74) is 0. The van der Waals surface area contributed by atoms with Gasteiger partial charge in [0.25, 0.3) is 5.91 Å². The molecule has 1 N–H and O–H groups in total. The van der Waals surface area contributed by atoms with Crippen LogP contribution in [-0.4, -0.2) is 43.1 Å². The van der Waals surface area contributed by atoms with Gasteiger partial charge in [0.1, 0.15) is 11.6 Å². The maximum atomic E-state index is 12.8. The summed E-state index contributed by atoms with van der Waals surface area (Å²) in [6.45, 7) is 4.75. The molecule has 1 aromatic rings. The zero-order valence-corrected chi connectivity index (χ0v) is 12.5. The molecule has 1 aliphatic rings. The zero-order chi connectivity index (χ0) is 15.1. The Bertz CT molecular complexity index is 444. The summed E-state index contributed by atoms with van der Waals surface area (Å²) in [6.07, 6.45) is 2.91. The van der Waals surface area contributed by atoms with E-state index in [-0.39, 0.29) is 18.3 Å². The Balaban J connectivity index is 1.89. The lowest BCUT2D eigenvalue weighted by Crippen LogP contribution is -2.48. The Kier molecular flexibility index (Phi) is 5.99. The van der Waals surface area contributed by atoms with Crippen LogP contribution in [0.3, 0.4) is 0 Å². The quantitative estimate of drug-likeness (QED) is 0.874. The Morgan fingerprint density at radius 3 is 2.62 bits per heavy atom. The number of hydrogen-bond acceptors (Lipinski definition) is 3. The molecule has 1 amide bonds. The number of benzene rings is 1. The van der Waals surface area contributed by atoms with Gasteiger partial charge in [-0.25, -0.2) is 4.39 Å². The van der Waals surface area contributed by atoms with Gasteiger partial charge in [-0.2, -0.15) is 0 Å². The van der Waals surface area contributed by atoms with E-state index in [9.17, 15) is 9.18 Å². The van der Waals surface area contributed by atoms with Crippen molar-refractivity contribution in [3.63, 3.8) is 0 Å². The Morgan fingerprint density at radius 2 is 2.00 bits per heavy atom. The minimum atomic E-state index is -0.309. The fraction of sp³-hybridized carbons (Fsp3) is 0.562. The van der Waals surface area contributed by atoms with Crippen molar-refractivity contribution < 1.29 is 13.9 Å². The molecule has 4 nitrogen and oxygen atoms in total. The van der Waals surface area contributed by atoms with Crippen LogP contribution in [0.2, 0.25) is 0 Å². The third-order valence-corrected chi connectivity index (χ3v) is 3.71. The average molecular weight is 294 g/mol.